The quantitative estimate of drug-likeness (QED) is 0.494. The second-order valence-electron chi connectivity index (χ2n) is 4.12. The Balaban J connectivity index is 2.57. The molecule has 0 aromatic rings. The fourth-order valence-electron chi connectivity index (χ4n) is 1.58. The topological polar surface area (TPSA) is 26.3 Å². The molecule has 13 heavy (non-hydrogen) atoms. The second kappa shape index (κ2) is 4.56. The van der Waals surface area contributed by atoms with E-state index in [1.54, 1.807) is 0 Å². The second-order valence-corrected chi connectivity index (χ2v) is 4.12. The average molecular weight is 182 g/mol. The number of ether oxygens (including phenoxy) is 1. The van der Waals surface area contributed by atoms with Gasteiger partial charge in [-0.25, -0.2) is 0 Å². The average Bonchev–Trinajstić information content (AvgIpc) is 2.16. The van der Waals surface area contributed by atoms with Crippen LogP contribution in [0.1, 0.15) is 33.1 Å². The van der Waals surface area contributed by atoms with Crippen LogP contribution in [-0.2, 0) is 9.53 Å². The Morgan fingerprint density at radius 2 is 2.31 bits per heavy atom. The largest absolute Gasteiger partial charge is 0.380 e. The molecule has 0 bridgehead atoms. The summed E-state index contributed by atoms with van der Waals surface area (Å²) < 4.78 is 5.35. The Morgan fingerprint density at radius 1 is 1.54 bits per heavy atom. The van der Waals surface area contributed by atoms with E-state index in [4.69, 9.17) is 4.74 Å². The Hall–Kier alpha value is -0.630. The first-order chi connectivity index (χ1) is 6.18. The van der Waals surface area contributed by atoms with E-state index in [1.165, 1.54) is 5.57 Å². The number of rotatable bonds is 3. The van der Waals surface area contributed by atoms with Crippen LogP contribution in [0.25, 0.3) is 0 Å². The maximum atomic E-state index is 11.0. The molecule has 2 nitrogen and oxygen atoms in total. The predicted octanol–water partition coefficient (Wildman–Crippen LogP) is 2.34. The van der Waals surface area contributed by atoms with Crippen LogP contribution in [-0.4, -0.2) is 19.5 Å². The van der Waals surface area contributed by atoms with Crippen molar-refractivity contribution < 1.29 is 9.53 Å². The summed E-state index contributed by atoms with van der Waals surface area (Å²) in [7, 11) is 0. The number of hydrogen-bond donors (Lipinski definition) is 0. The number of carbonyl (C=O) groups is 1. The molecule has 0 radical (unpaired) electrons. The zero-order chi connectivity index (χ0) is 9.73. The summed E-state index contributed by atoms with van der Waals surface area (Å²) in [6.45, 7) is 5.52. The molecule has 0 aromatic heterocycles. The SMILES string of the molecule is CC(C)=CCC1(C=O)CCCOC1. The third-order valence-corrected chi connectivity index (χ3v) is 2.52. The van der Waals surface area contributed by atoms with Crippen molar-refractivity contribution in [2.45, 2.75) is 33.1 Å². The van der Waals surface area contributed by atoms with E-state index in [-0.39, 0.29) is 5.41 Å². The Bertz CT molecular complexity index is 196. The molecule has 1 fully saturated rings. The summed E-state index contributed by atoms with van der Waals surface area (Å²) in [6.07, 6.45) is 6.02. The maximum Gasteiger partial charge on any atom is 0.128 e. The van der Waals surface area contributed by atoms with E-state index < -0.39 is 0 Å². The molecule has 1 heterocycles. The van der Waals surface area contributed by atoms with Crippen molar-refractivity contribution in [1.82, 2.24) is 0 Å². The van der Waals surface area contributed by atoms with Gasteiger partial charge in [-0.1, -0.05) is 11.6 Å². The minimum Gasteiger partial charge on any atom is -0.380 e. The fourth-order valence-corrected chi connectivity index (χ4v) is 1.58. The van der Waals surface area contributed by atoms with Gasteiger partial charge in [-0.05, 0) is 33.1 Å². The summed E-state index contributed by atoms with van der Waals surface area (Å²) in [6, 6.07) is 0. The highest BCUT2D eigenvalue weighted by Gasteiger charge is 2.31. The van der Waals surface area contributed by atoms with Crippen molar-refractivity contribution in [3.05, 3.63) is 11.6 Å². The van der Waals surface area contributed by atoms with Crippen LogP contribution in [0.5, 0.6) is 0 Å². The van der Waals surface area contributed by atoms with E-state index in [1.807, 2.05) is 0 Å². The van der Waals surface area contributed by atoms with Gasteiger partial charge < -0.3 is 9.53 Å². The number of carbonyl (C=O) groups excluding carboxylic acids is 1. The highest BCUT2D eigenvalue weighted by atomic mass is 16.5. The molecule has 1 rings (SSSR count). The van der Waals surface area contributed by atoms with E-state index >= 15 is 0 Å². The minimum atomic E-state index is -0.227. The predicted molar refractivity (Wildman–Crippen MR) is 52.6 cm³/mol. The van der Waals surface area contributed by atoms with E-state index in [2.05, 4.69) is 19.9 Å². The van der Waals surface area contributed by atoms with Crippen LogP contribution in [0.2, 0.25) is 0 Å². The zero-order valence-electron chi connectivity index (χ0n) is 8.51. The van der Waals surface area contributed by atoms with E-state index in [0.717, 1.165) is 32.2 Å². The van der Waals surface area contributed by atoms with Crippen LogP contribution >= 0.6 is 0 Å². The van der Waals surface area contributed by atoms with Crippen LogP contribution in [0, 0.1) is 5.41 Å². The molecule has 1 unspecified atom stereocenters. The molecule has 1 aliphatic heterocycles. The Kier molecular flexibility index (Phi) is 3.67. The third kappa shape index (κ3) is 2.96. The van der Waals surface area contributed by atoms with Crippen LogP contribution in [0.4, 0.5) is 0 Å². The molecule has 2 heteroatoms. The molecule has 1 aliphatic rings. The third-order valence-electron chi connectivity index (χ3n) is 2.52. The lowest BCUT2D eigenvalue weighted by atomic mass is 9.80. The van der Waals surface area contributed by atoms with Gasteiger partial charge in [-0.3, -0.25) is 0 Å². The van der Waals surface area contributed by atoms with E-state index in [0.29, 0.717) is 6.61 Å². The fraction of sp³-hybridized carbons (Fsp3) is 0.727. The van der Waals surface area contributed by atoms with Gasteiger partial charge in [0.25, 0.3) is 0 Å². The van der Waals surface area contributed by atoms with Crippen LogP contribution < -0.4 is 0 Å². The normalized spacial score (nSPS) is 28.2. The van der Waals surface area contributed by atoms with Gasteiger partial charge >= 0.3 is 0 Å². The van der Waals surface area contributed by atoms with E-state index in [9.17, 15) is 4.79 Å². The highest BCUT2D eigenvalue weighted by Crippen LogP contribution is 2.30. The van der Waals surface area contributed by atoms with Gasteiger partial charge in [0.05, 0.1) is 12.0 Å². The van der Waals surface area contributed by atoms with Crippen molar-refractivity contribution in [3.63, 3.8) is 0 Å². The lowest BCUT2D eigenvalue weighted by Crippen LogP contribution is -2.32. The summed E-state index contributed by atoms with van der Waals surface area (Å²) in [5, 5.41) is 0. The lowest BCUT2D eigenvalue weighted by Gasteiger charge is -2.30. The molecule has 0 aromatic carbocycles. The lowest BCUT2D eigenvalue weighted by molar-refractivity contribution is -0.123. The van der Waals surface area contributed by atoms with Gasteiger partial charge in [0.1, 0.15) is 6.29 Å². The number of aldehydes is 1. The number of allylic oxidation sites excluding steroid dienone is 2. The Labute approximate surface area is 80.0 Å². The van der Waals surface area contributed by atoms with Gasteiger partial charge in [0.2, 0.25) is 0 Å². The van der Waals surface area contributed by atoms with Crippen molar-refractivity contribution in [1.29, 1.82) is 0 Å². The molecule has 1 saturated heterocycles. The standard InChI is InChI=1S/C11H18O2/c1-10(2)4-6-11(8-12)5-3-7-13-9-11/h4,8H,3,5-7,9H2,1-2H3. The van der Waals surface area contributed by atoms with Crippen LogP contribution in [0.3, 0.4) is 0 Å². The summed E-state index contributed by atoms with van der Waals surface area (Å²) >= 11 is 0. The molecule has 0 N–H and O–H groups in total. The molecule has 74 valence electrons. The molecule has 0 amide bonds. The molecule has 0 saturated carbocycles. The van der Waals surface area contributed by atoms with Gasteiger partial charge in [-0.2, -0.15) is 0 Å². The molecule has 0 spiro atoms. The monoisotopic (exact) mass is 182 g/mol. The van der Waals surface area contributed by atoms with Crippen molar-refractivity contribution in [2.75, 3.05) is 13.2 Å². The minimum absolute atomic E-state index is 0.227. The van der Waals surface area contributed by atoms with Crippen molar-refractivity contribution >= 4 is 6.29 Å². The smallest absolute Gasteiger partial charge is 0.128 e. The molecule has 1 atom stereocenters. The first-order valence-corrected chi connectivity index (χ1v) is 4.86. The molecule has 0 aliphatic carbocycles. The molecular weight excluding hydrogens is 164 g/mol. The number of hydrogen-bond acceptors (Lipinski definition) is 2. The highest BCUT2D eigenvalue weighted by molar-refractivity contribution is 5.60. The maximum absolute atomic E-state index is 11.0. The van der Waals surface area contributed by atoms with Gasteiger partial charge in [0.15, 0.2) is 0 Å². The first-order valence-electron chi connectivity index (χ1n) is 4.86. The summed E-state index contributed by atoms with van der Waals surface area (Å²) in [5.41, 5.74) is 1.04. The zero-order valence-corrected chi connectivity index (χ0v) is 8.51. The van der Waals surface area contributed by atoms with Crippen molar-refractivity contribution in [3.8, 4) is 0 Å². The van der Waals surface area contributed by atoms with Crippen molar-refractivity contribution in [2.24, 2.45) is 5.41 Å². The summed E-state index contributed by atoms with van der Waals surface area (Å²) in [5.74, 6) is 0. The summed E-state index contributed by atoms with van der Waals surface area (Å²) in [4.78, 5) is 11.0. The van der Waals surface area contributed by atoms with Crippen LogP contribution in [0.15, 0.2) is 11.6 Å². The first kappa shape index (κ1) is 10.5. The van der Waals surface area contributed by atoms with Gasteiger partial charge in [-0.15, -0.1) is 0 Å². The molecular formula is C11H18O2. The Morgan fingerprint density at radius 3 is 2.77 bits per heavy atom. The van der Waals surface area contributed by atoms with Gasteiger partial charge in [0, 0.05) is 6.61 Å².